The van der Waals surface area contributed by atoms with Crippen LogP contribution in [0.4, 0.5) is 15.8 Å². The molecule has 4 aromatic rings. The average molecular weight is 379 g/mol. The fourth-order valence-corrected chi connectivity index (χ4v) is 2.87. The molecule has 4 rings (SSSR count). The lowest BCUT2D eigenvalue weighted by Gasteiger charge is -2.13. The summed E-state index contributed by atoms with van der Waals surface area (Å²) in [6.45, 7) is 0. The summed E-state index contributed by atoms with van der Waals surface area (Å²) in [6.07, 6.45) is 5.31. The van der Waals surface area contributed by atoms with E-state index in [-0.39, 0.29) is 11.4 Å². The number of ether oxygens (including phenoxy) is 2. The van der Waals surface area contributed by atoms with Gasteiger partial charge in [0, 0.05) is 36.6 Å². The first-order valence-electron chi connectivity index (χ1n) is 8.52. The molecule has 2 aromatic carbocycles. The van der Waals surface area contributed by atoms with Crippen molar-refractivity contribution >= 4 is 22.4 Å². The Hall–Kier alpha value is -3.68. The summed E-state index contributed by atoms with van der Waals surface area (Å²) >= 11 is 0. The predicted molar refractivity (Wildman–Crippen MR) is 105 cm³/mol. The van der Waals surface area contributed by atoms with Gasteiger partial charge in [0.15, 0.2) is 11.6 Å². The molecule has 2 heterocycles. The molecular weight excluding hydrogens is 361 g/mol. The minimum Gasteiger partial charge on any atom is -0.497 e. The second kappa shape index (κ2) is 7.15. The Kier molecular flexibility index (Phi) is 4.52. The van der Waals surface area contributed by atoms with Crippen LogP contribution in [0.15, 0.2) is 48.9 Å². The first kappa shape index (κ1) is 17.7. The van der Waals surface area contributed by atoms with Crippen molar-refractivity contribution in [2.75, 3.05) is 19.5 Å². The van der Waals surface area contributed by atoms with Crippen molar-refractivity contribution in [2.45, 2.75) is 0 Å². The van der Waals surface area contributed by atoms with Crippen LogP contribution in [0.5, 0.6) is 11.5 Å². The second-order valence-corrected chi connectivity index (χ2v) is 6.18. The Morgan fingerprint density at radius 2 is 1.89 bits per heavy atom. The molecule has 0 aliphatic rings. The maximum Gasteiger partial charge on any atom is 0.188 e. The van der Waals surface area contributed by atoms with Crippen molar-refractivity contribution in [1.82, 2.24) is 19.7 Å². The van der Waals surface area contributed by atoms with Gasteiger partial charge in [0.2, 0.25) is 0 Å². The third-order valence-corrected chi connectivity index (χ3v) is 4.29. The molecule has 7 nitrogen and oxygen atoms in total. The summed E-state index contributed by atoms with van der Waals surface area (Å²) in [5, 5.41) is 7.22. The number of halogens is 1. The Labute approximate surface area is 160 Å². The molecule has 28 heavy (non-hydrogen) atoms. The van der Waals surface area contributed by atoms with Crippen LogP contribution < -0.4 is 14.8 Å². The van der Waals surface area contributed by atoms with Crippen LogP contribution >= 0.6 is 0 Å². The first-order chi connectivity index (χ1) is 13.6. The van der Waals surface area contributed by atoms with Gasteiger partial charge in [0.1, 0.15) is 5.75 Å². The number of hydrogen-bond donors (Lipinski definition) is 1. The number of aromatic nitrogens is 4. The van der Waals surface area contributed by atoms with Gasteiger partial charge in [-0.2, -0.15) is 5.10 Å². The number of nitrogens with one attached hydrogen (secondary N) is 1. The molecule has 1 N–H and O–H groups in total. The van der Waals surface area contributed by atoms with Gasteiger partial charge < -0.3 is 14.8 Å². The summed E-state index contributed by atoms with van der Waals surface area (Å²) in [5.41, 5.74) is 3.92. The highest BCUT2D eigenvalue weighted by atomic mass is 19.1. The van der Waals surface area contributed by atoms with Gasteiger partial charge in [-0.25, -0.2) is 9.37 Å². The van der Waals surface area contributed by atoms with Crippen molar-refractivity contribution in [3.05, 3.63) is 54.7 Å². The Bertz CT molecular complexity index is 1160. The van der Waals surface area contributed by atoms with Crippen LogP contribution in [-0.2, 0) is 7.05 Å². The standard InChI is InChI=1S/C20H18FN5O2/c1-26-11-12(9-23-26)18-10-22-15-5-4-13(6-16(15)25-18)24-17-7-14(27-2)8-19(28-3)20(17)21/h4-11,24H,1-3H3. The normalized spacial score (nSPS) is 10.9. The molecule has 0 radical (unpaired) electrons. The van der Waals surface area contributed by atoms with Crippen molar-refractivity contribution in [3.63, 3.8) is 0 Å². The molecule has 0 spiro atoms. The fraction of sp³-hybridized carbons (Fsp3) is 0.150. The minimum atomic E-state index is -0.501. The van der Waals surface area contributed by atoms with E-state index in [1.165, 1.54) is 20.3 Å². The zero-order valence-electron chi connectivity index (χ0n) is 15.6. The summed E-state index contributed by atoms with van der Waals surface area (Å²) in [5.74, 6) is 0.0834. The van der Waals surface area contributed by atoms with Gasteiger partial charge in [-0.1, -0.05) is 0 Å². The lowest BCUT2D eigenvalue weighted by molar-refractivity contribution is 0.375. The van der Waals surface area contributed by atoms with E-state index in [9.17, 15) is 4.39 Å². The number of hydrogen-bond acceptors (Lipinski definition) is 6. The topological polar surface area (TPSA) is 74.1 Å². The maximum atomic E-state index is 14.6. The molecular formula is C20H18FN5O2. The molecule has 0 atom stereocenters. The quantitative estimate of drug-likeness (QED) is 0.566. The van der Waals surface area contributed by atoms with Gasteiger partial charge in [-0.3, -0.25) is 9.67 Å². The number of methoxy groups -OCH3 is 2. The molecule has 0 aliphatic carbocycles. The molecule has 142 valence electrons. The van der Waals surface area contributed by atoms with Gasteiger partial charge in [-0.05, 0) is 18.2 Å². The average Bonchev–Trinajstić information content (AvgIpc) is 3.15. The van der Waals surface area contributed by atoms with Crippen LogP contribution in [0.1, 0.15) is 0 Å². The molecule has 0 aliphatic heterocycles. The molecule has 0 saturated carbocycles. The van der Waals surface area contributed by atoms with Crippen molar-refractivity contribution in [1.29, 1.82) is 0 Å². The van der Waals surface area contributed by atoms with E-state index in [0.717, 1.165) is 11.1 Å². The molecule has 0 bridgehead atoms. The fourth-order valence-electron chi connectivity index (χ4n) is 2.87. The smallest absolute Gasteiger partial charge is 0.188 e. The van der Waals surface area contributed by atoms with Crippen LogP contribution in [0.25, 0.3) is 22.3 Å². The highest BCUT2D eigenvalue weighted by Gasteiger charge is 2.13. The van der Waals surface area contributed by atoms with E-state index in [4.69, 9.17) is 9.47 Å². The highest BCUT2D eigenvalue weighted by Crippen LogP contribution is 2.33. The Morgan fingerprint density at radius 3 is 2.61 bits per heavy atom. The molecule has 2 aromatic heterocycles. The van der Waals surface area contributed by atoms with Gasteiger partial charge in [-0.15, -0.1) is 0 Å². The van der Waals surface area contributed by atoms with Crippen LogP contribution in [0.2, 0.25) is 0 Å². The van der Waals surface area contributed by atoms with Crippen LogP contribution in [-0.4, -0.2) is 34.0 Å². The Balaban J connectivity index is 1.72. The van der Waals surface area contributed by atoms with Crippen LogP contribution in [0, 0.1) is 5.82 Å². The van der Waals surface area contributed by atoms with Gasteiger partial charge >= 0.3 is 0 Å². The van der Waals surface area contributed by atoms with E-state index in [2.05, 4.69) is 20.4 Å². The zero-order chi connectivity index (χ0) is 19.7. The minimum absolute atomic E-state index is 0.0984. The lowest BCUT2D eigenvalue weighted by Crippen LogP contribution is -1.99. The summed E-state index contributed by atoms with van der Waals surface area (Å²) in [7, 11) is 4.77. The largest absolute Gasteiger partial charge is 0.497 e. The van der Waals surface area contributed by atoms with E-state index < -0.39 is 5.82 Å². The summed E-state index contributed by atoms with van der Waals surface area (Å²) in [4.78, 5) is 9.10. The van der Waals surface area contributed by atoms with E-state index in [0.29, 0.717) is 22.6 Å². The zero-order valence-corrected chi connectivity index (χ0v) is 15.6. The molecule has 8 heteroatoms. The number of fused-ring (bicyclic) bond motifs is 1. The second-order valence-electron chi connectivity index (χ2n) is 6.18. The summed E-state index contributed by atoms with van der Waals surface area (Å²) < 4.78 is 26.6. The number of aryl methyl sites for hydroxylation is 1. The van der Waals surface area contributed by atoms with Gasteiger partial charge in [0.05, 0.1) is 49.0 Å². The molecule has 0 fully saturated rings. The number of anilines is 2. The molecule has 0 amide bonds. The predicted octanol–water partition coefficient (Wildman–Crippen LogP) is 3.93. The van der Waals surface area contributed by atoms with Gasteiger partial charge in [0.25, 0.3) is 0 Å². The van der Waals surface area contributed by atoms with E-state index >= 15 is 0 Å². The molecule has 0 unspecified atom stereocenters. The van der Waals surface area contributed by atoms with E-state index in [1.807, 2.05) is 31.4 Å². The van der Waals surface area contributed by atoms with Crippen molar-refractivity contribution in [3.8, 4) is 22.8 Å². The number of benzene rings is 2. The third kappa shape index (κ3) is 3.32. The monoisotopic (exact) mass is 379 g/mol. The van der Waals surface area contributed by atoms with Crippen molar-refractivity contribution < 1.29 is 13.9 Å². The number of rotatable bonds is 5. The first-order valence-corrected chi connectivity index (χ1v) is 8.52. The SMILES string of the molecule is COc1cc(Nc2ccc3ncc(-c4cnn(C)c4)nc3c2)c(F)c(OC)c1. The highest BCUT2D eigenvalue weighted by molar-refractivity contribution is 5.82. The summed E-state index contributed by atoms with van der Waals surface area (Å²) in [6, 6.07) is 8.51. The van der Waals surface area contributed by atoms with E-state index in [1.54, 1.807) is 23.1 Å². The number of nitrogens with zero attached hydrogens (tertiary/aromatic N) is 4. The van der Waals surface area contributed by atoms with Crippen molar-refractivity contribution in [2.24, 2.45) is 7.05 Å². The lowest BCUT2D eigenvalue weighted by atomic mass is 10.2. The third-order valence-electron chi connectivity index (χ3n) is 4.29. The maximum absolute atomic E-state index is 14.6. The van der Waals surface area contributed by atoms with Crippen LogP contribution in [0.3, 0.4) is 0 Å². The molecule has 0 saturated heterocycles. The Morgan fingerprint density at radius 1 is 1.04 bits per heavy atom.